The number of nitriles is 1. The van der Waals surface area contributed by atoms with Crippen LogP contribution in [0.5, 0.6) is 5.75 Å². The summed E-state index contributed by atoms with van der Waals surface area (Å²) in [6.45, 7) is 0.0456. The van der Waals surface area contributed by atoms with Gasteiger partial charge in [0.25, 0.3) is 21.8 Å². The molecule has 0 unspecified atom stereocenters. The van der Waals surface area contributed by atoms with Gasteiger partial charge in [0.2, 0.25) is 17.8 Å². The number of para-hydroxylation sites is 1. The number of hydrogen-bond acceptors (Lipinski definition) is 13. The Balaban J connectivity index is 0.669. The molecular formula is C64H47Cl2N13O6S. The fourth-order valence-electron chi connectivity index (χ4n) is 9.08. The Morgan fingerprint density at radius 3 is 1.95 bits per heavy atom. The molecule has 4 heterocycles. The summed E-state index contributed by atoms with van der Waals surface area (Å²) in [6.07, 6.45) is 11.0. The van der Waals surface area contributed by atoms with E-state index in [2.05, 4.69) is 50.9 Å². The van der Waals surface area contributed by atoms with Gasteiger partial charge in [0.15, 0.2) is 0 Å². The Labute approximate surface area is 502 Å². The average molecular weight is 1200 g/mol. The van der Waals surface area contributed by atoms with E-state index in [0.717, 1.165) is 27.4 Å². The number of carbonyl (C=O) groups is 3. The van der Waals surface area contributed by atoms with E-state index in [0.29, 0.717) is 72.3 Å². The van der Waals surface area contributed by atoms with Crippen molar-refractivity contribution < 1.29 is 27.5 Å². The molecule has 0 radical (unpaired) electrons. The second kappa shape index (κ2) is 25.2. The minimum Gasteiger partial charge on any atom is -0.490 e. The first kappa shape index (κ1) is 56.7. The quantitative estimate of drug-likeness (QED) is 0.0294. The highest BCUT2D eigenvalue weighted by atomic mass is 35.5. The lowest BCUT2D eigenvalue weighted by Gasteiger charge is -2.19. The molecule has 19 nitrogen and oxygen atoms in total. The SMILES string of the molecule is CN(C(=O)c1ccc(NC(=O)/C(C#N)=C\c2ccccc2)cc1)c1cccc(Nc2ncc(Cl)c(-c3c[nH]c4ccc(OC/C=C/C(=O)Nc5ccc(S(=O)(=O)Nc6cccc(Nc7ncc(Cl)c(-c8c[nH]c9ccccc89)n7)c6)cc5)cc34)n2)c1. The molecule has 3 amide bonds. The monoisotopic (exact) mass is 1200 g/mol. The molecule has 11 rings (SSSR count). The van der Waals surface area contributed by atoms with Crippen molar-refractivity contribution in [2.45, 2.75) is 4.90 Å². The van der Waals surface area contributed by atoms with Gasteiger partial charge in [-0.2, -0.15) is 5.26 Å². The van der Waals surface area contributed by atoms with Crippen molar-refractivity contribution in [2.75, 3.05) is 44.5 Å². The molecule has 86 heavy (non-hydrogen) atoms. The number of aromatic nitrogens is 6. The maximum Gasteiger partial charge on any atom is 0.266 e. The van der Waals surface area contributed by atoms with Crippen LogP contribution in [0.2, 0.25) is 10.0 Å². The summed E-state index contributed by atoms with van der Waals surface area (Å²) in [5, 5.41) is 23.8. The molecular weight excluding hydrogens is 1150 g/mol. The third-order valence-electron chi connectivity index (χ3n) is 13.3. The largest absolute Gasteiger partial charge is 0.490 e. The number of H-pyrrole nitrogens is 2. The van der Waals surface area contributed by atoms with Crippen LogP contribution in [0, 0.1) is 11.3 Å². The number of benzene rings is 7. The lowest BCUT2D eigenvalue weighted by Crippen LogP contribution is -2.26. The highest BCUT2D eigenvalue weighted by Crippen LogP contribution is 2.36. The molecule has 4 aromatic heterocycles. The van der Waals surface area contributed by atoms with Gasteiger partial charge in [-0.05, 0) is 127 Å². The Morgan fingerprint density at radius 2 is 1.26 bits per heavy atom. The van der Waals surface area contributed by atoms with Gasteiger partial charge in [-0.15, -0.1) is 0 Å². The highest BCUT2D eigenvalue weighted by molar-refractivity contribution is 7.92. The van der Waals surface area contributed by atoms with Crippen LogP contribution in [0.15, 0.2) is 217 Å². The van der Waals surface area contributed by atoms with Crippen molar-refractivity contribution in [3.05, 3.63) is 234 Å². The van der Waals surface area contributed by atoms with Gasteiger partial charge in [-0.25, -0.2) is 28.4 Å². The maximum absolute atomic E-state index is 13.6. The van der Waals surface area contributed by atoms with E-state index in [9.17, 15) is 28.1 Å². The zero-order valence-corrected chi connectivity index (χ0v) is 47.5. The zero-order valence-electron chi connectivity index (χ0n) is 45.2. The number of nitrogens with zero attached hydrogens (tertiary/aromatic N) is 6. The number of carbonyl (C=O) groups excluding carboxylic acids is 3. The molecule has 0 aliphatic carbocycles. The molecule has 0 spiro atoms. The van der Waals surface area contributed by atoms with Crippen LogP contribution in [0.25, 0.3) is 50.4 Å². The summed E-state index contributed by atoms with van der Waals surface area (Å²) in [4.78, 5) is 65.5. The van der Waals surface area contributed by atoms with Gasteiger partial charge in [-0.3, -0.25) is 19.1 Å². The van der Waals surface area contributed by atoms with Gasteiger partial charge in [0.05, 0.1) is 44.4 Å². The number of ether oxygens (including phenoxy) is 1. The third kappa shape index (κ3) is 13.2. The molecule has 22 heteroatoms. The van der Waals surface area contributed by atoms with Crippen molar-refractivity contribution in [1.29, 1.82) is 5.26 Å². The predicted octanol–water partition coefficient (Wildman–Crippen LogP) is 13.6. The Morgan fingerprint density at radius 1 is 0.651 bits per heavy atom. The van der Waals surface area contributed by atoms with Gasteiger partial charge in [0.1, 0.15) is 24.0 Å². The summed E-state index contributed by atoms with van der Waals surface area (Å²) >= 11 is 13.2. The number of fused-ring (bicyclic) bond motifs is 2. The van der Waals surface area contributed by atoms with E-state index in [1.54, 1.807) is 110 Å². The van der Waals surface area contributed by atoms with Crippen molar-refractivity contribution in [2.24, 2.45) is 0 Å². The average Bonchev–Trinajstić information content (AvgIpc) is 2.22. The minimum absolute atomic E-state index is 0.0248. The first-order chi connectivity index (χ1) is 41.7. The molecule has 0 aliphatic heterocycles. The zero-order chi connectivity index (χ0) is 59.7. The summed E-state index contributed by atoms with van der Waals surface area (Å²) in [7, 11) is -2.39. The van der Waals surface area contributed by atoms with Crippen molar-refractivity contribution in [3.8, 4) is 34.3 Å². The highest BCUT2D eigenvalue weighted by Gasteiger charge is 2.20. The van der Waals surface area contributed by atoms with Crippen LogP contribution >= 0.6 is 23.2 Å². The summed E-state index contributed by atoms with van der Waals surface area (Å²) in [5.74, 6) is -0.326. The Kier molecular flexibility index (Phi) is 16.6. The Bertz CT molecular complexity index is 4610. The number of sulfonamides is 1. The number of halogens is 2. The molecule has 7 aromatic carbocycles. The summed E-state index contributed by atoms with van der Waals surface area (Å²) in [6, 6.07) is 50.2. The predicted molar refractivity (Wildman–Crippen MR) is 336 cm³/mol. The lowest BCUT2D eigenvalue weighted by atomic mass is 10.1. The summed E-state index contributed by atoms with van der Waals surface area (Å²) < 4.78 is 35.5. The lowest BCUT2D eigenvalue weighted by molar-refractivity contribution is -0.113. The second-order valence-corrected chi connectivity index (χ2v) is 21.6. The van der Waals surface area contributed by atoms with Crippen molar-refractivity contribution in [3.63, 3.8) is 0 Å². The topological polar surface area (TPSA) is 265 Å². The third-order valence-corrected chi connectivity index (χ3v) is 15.3. The first-order valence-electron chi connectivity index (χ1n) is 26.3. The van der Waals surface area contributed by atoms with Gasteiger partial charge in [-0.1, -0.05) is 83.9 Å². The molecule has 424 valence electrons. The van der Waals surface area contributed by atoms with Gasteiger partial charge in [0, 0.05) is 92.5 Å². The van der Waals surface area contributed by atoms with E-state index < -0.39 is 21.8 Å². The van der Waals surface area contributed by atoms with Crippen molar-refractivity contribution >= 4 is 125 Å². The first-order valence-corrected chi connectivity index (χ1v) is 28.5. The molecule has 0 fully saturated rings. The van der Waals surface area contributed by atoms with Gasteiger partial charge < -0.3 is 40.9 Å². The number of aromatic amines is 2. The molecule has 0 atom stereocenters. The van der Waals surface area contributed by atoms with Crippen LogP contribution in [0.4, 0.5) is 46.0 Å². The molecule has 0 saturated carbocycles. The van der Waals surface area contributed by atoms with E-state index in [1.165, 1.54) is 53.7 Å². The number of nitrogens with one attached hydrogen (secondary N) is 7. The maximum atomic E-state index is 13.6. The minimum atomic E-state index is -4.04. The van der Waals surface area contributed by atoms with E-state index >= 15 is 0 Å². The van der Waals surface area contributed by atoms with Crippen LogP contribution in [-0.2, 0) is 19.6 Å². The normalized spacial score (nSPS) is 11.5. The Hall–Kier alpha value is -11.1. The van der Waals surface area contributed by atoms with Crippen LogP contribution in [0.1, 0.15) is 15.9 Å². The molecule has 0 bridgehead atoms. The summed E-state index contributed by atoms with van der Waals surface area (Å²) in [5.41, 5.74) is 7.97. The smallest absolute Gasteiger partial charge is 0.266 e. The van der Waals surface area contributed by atoms with Crippen LogP contribution in [-0.4, -0.2) is 69.7 Å². The van der Waals surface area contributed by atoms with Crippen molar-refractivity contribution in [1.82, 2.24) is 29.9 Å². The van der Waals surface area contributed by atoms with E-state index in [1.807, 2.05) is 66.9 Å². The number of amides is 3. The number of hydrogen-bond donors (Lipinski definition) is 7. The molecule has 7 N–H and O–H groups in total. The second-order valence-electron chi connectivity index (χ2n) is 19.1. The molecule has 0 saturated heterocycles. The van der Waals surface area contributed by atoms with E-state index in [-0.39, 0.29) is 40.6 Å². The molecule has 0 aliphatic rings. The van der Waals surface area contributed by atoms with Crippen LogP contribution < -0.4 is 35.6 Å². The van der Waals surface area contributed by atoms with Crippen LogP contribution in [0.3, 0.4) is 0 Å². The van der Waals surface area contributed by atoms with Gasteiger partial charge >= 0.3 is 0 Å². The molecule has 11 aromatic rings. The fraction of sp³-hybridized carbons (Fsp3) is 0.0312. The standard InChI is InChI=1S/C64H47Cl2N13O6S/c1-79(62(82)40-19-21-43(22-20-40)73-61(81)41(34-67)30-39-10-3-2-4-11-39)47-15-8-13-45(32-47)75-64-71-38-55(66)60(77-64)53-36-69-57-28-25-48(33-51(53)57)85-29-9-18-58(80)72-42-23-26-49(27-24-42)86(83,84)78-46-14-7-12-44(31-46)74-63-70-37-54(65)59(76-63)52-35-68-56-17-6-5-16-50(52)56/h2-28,30-33,35-38,68-69,78H,29H2,1H3,(H,72,80)(H,73,81)(H,70,74,76)(H,71,75,77)/b18-9+,41-30-. The van der Waals surface area contributed by atoms with E-state index in [4.69, 9.17) is 32.9 Å². The number of rotatable bonds is 19. The number of anilines is 8. The fourth-order valence-corrected chi connectivity index (χ4v) is 10.5.